The van der Waals surface area contributed by atoms with E-state index in [2.05, 4.69) is 47.8 Å². The zero-order chi connectivity index (χ0) is 14.2. The Labute approximate surface area is 122 Å². The molecule has 0 amide bonds. The molecular formula is C18H15N3. The Morgan fingerprint density at radius 2 is 1.76 bits per heavy atom. The molecule has 1 aliphatic carbocycles. The number of hydrogen-bond acceptors (Lipinski definition) is 3. The van der Waals surface area contributed by atoms with Gasteiger partial charge in [0.05, 0.1) is 11.0 Å². The van der Waals surface area contributed by atoms with Crippen LogP contribution in [0.1, 0.15) is 6.42 Å². The predicted octanol–water partition coefficient (Wildman–Crippen LogP) is 4.23. The molecule has 0 atom stereocenters. The lowest BCUT2D eigenvalue weighted by molar-refractivity contribution is 1.25. The maximum Gasteiger partial charge on any atom is 0.0730 e. The summed E-state index contributed by atoms with van der Waals surface area (Å²) >= 11 is 0. The molecular weight excluding hydrogens is 258 g/mol. The Morgan fingerprint density at radius 3 is 2.57 bits per heavy atom. The fourth-order valence-electron chi connectivity index (χ4n) is 2.64. The van der Waals surface area contributed by atoms with Gasteiger partial charge in [0.25, 0.3) is 0 Å². The van der Waals surface area contributed by atoms with Crippen molar-refractivity contribution in [2.45, 2.75) is 6.42 Å². The van der Waals surface area contributed by atoms with Crippen molar-refractivity contribution in [2.24, 2.45) is 0 Å². The first kappa shape index (κ1) is 12.0. The zero-order valence-corrected chi connectivity index (χ0v) is 11.5. The minimum absolute atomic E-state index is 0.741. The third-order valence-corrected chi connectivity index (χ3v) is 3.71. The molecule has 1 aliphatic rings. The molecule has 1 heterocycles. The number of fused-ring (bicyclic) bond motifs is 2. The smallest absolute Gasteiger partial charge is 0.0730 e. The van der Waals surface area contributed by atoms with Crippen molar-refractivity contribution in [1.82, 2.24) is 4.98 Å². The first-order chi connectivity index (χ1) is 10.3. The number of rotatable bonds is 2. The van der Waals surface area contributed by atoms with Crippen LogP contribution in [0.2, 0.25) is 0 Å². The van der Waals surface area contributed by atoms with Crippen molar-refractivity contribution >= 4 is 33.2 Å². The van der Waals surface area contributed by atoms with Crippen LogP contribution in [0.3, 0.4) is 0 Å². The summed E-state index contributed by atoms with van der Waals surface area (Å²) in [6, 6.07) is 14.3. The number of nitrogens with zero attached hydrogens (tertiary/aromatic N) is 1. The van der Waals surface area contributed by atoms with E-state index in [0.717, 1.165) is 39.6 Å². The van der Waals surface area contributed by atoms with Crippen molar-refractivity contribution in [3.63, 3.8) is 0 Å². The Bertz CT molecular complexity index is 907. The van der Waals surface area contributed by atoms with Crippen molar-refractivity contribution < 1.29 is 0 Å². The molecule has 102 valence electrons. The number of anilines is 2. The molecule has 2 aromatic carbocycles. The molecule has 4 rings (SSSR count). The normalized spacial score (nSPS) is 13.8. The zero-order valence-electron chi connectivity index (χ0n) is 11.5. The Hall–Kier alpha value is -2.81. The summed E-state index contributed by atoms with van der Waals surface area (Å²) in [5, 5.41) is 5.67. The molecule has 3 nitrogen and oxygen atoms in total. The van der Waals surface area contributed by atoms with Gasteiger partial charge in [-0.2, -0.15) is 0 Å². The fourth-order valence-corrected chi connectivity index (χ4v) is 2.64. The molecule has 0 spiro atoms. The lowest BCUT2D eigenvalue weighted by Gasteiger charge is -2.09. The summed E-state index contributed by atoms with van der Waals surface area (Å²) in [6.45, 7) is 0. The second-order valence-electron chi connectivity index (χ2n) is 5.30. The second-order valence-corrected chi connectivity index (χ2v) is 5.30. The van der Waals surface area contributed by atoms with Crippen LogP contribution in [0, 0.1) is 0 Å². The topological polar surface area (TPSA) is 50.9 Å². The van der Waals surface area contributed by atoms with Crippen molar-refractivity contribution in [3.8, 4) is 0 Å². The van der Waals surface area contributed by atoms with Gasteiger partial charge < -0.3 is 11.1 Å². The average Bonchev–Trinajstić information content (AvgIpc) is 2.98. The first-order valence-corrected chi connectivity index (χ1v) is 7.01. The second kappa shape index (κ2) is 4.63. The van der Waals surface area contributed by atoms with E-state index in [9.17, 15) is 0 Å². The van der Waals surface area contributed by atoms with Crippen LogP contribution in [0.15, 0.2) is 66.4 Å². The van der Waals surface area contributed by atoms with Gasteiger partial charge in [-0.05, 0) is 36.4 Å². The fraction of sp³-hybridized carbons (Fsp3) is 0.0556. The van der Waals surface area contributed by atoms with Gasteiger partial charge in [-0.1, -0.05) is 24.3 Å². The molecule has 21 heavy (non-hydrogen) atoms. The minimum Gasteiger partial charge on any atom is -0.399 e. The van der Waals surface area contributed by atoms with Gasteiger partial charge in [-0.3, -0.25) is 0 Å². The van der Waals surface area contributed by atoms with Crippen LogP contribution >= 0.6 is 0 Å². The molecule has 0 radical (unpaired) electrons. The Balaban J connectivity index is 1.80. The maximum atomic E-state index is 5.84. The lowest BCUT2D eigenvalue weighted by Crippen LogP contribution is -1.96. The van der Waals surface area contributed by atoms with Gasteiger partial charge in [0, 0.05) is 34.3 Å². The number of nitrogens with one attached hydrogen (secondary N) is 1. The summed E-state index contributed by atoms with van der Waals surface area (Å²) < 4.78 is 0. The highest BCUT2D eigenvalue weighted by Crippen LogP contribution is 2.25. The third kappa shape index (κ3) is 2.23. The van der Waals surface area contributed by atoms with Crippen LogP contribution in [0.4, 0.5) is 11.4 Å². The van der Waals surface area contributed by atoms with E-state index in [1.807, 2.05) is 18.2 Å². The van der Waals surface area contributed by atoms with E-state index in [1.165, 1.54) is 5.70 Å². The number of hydrogen-bond donors (Lipinski definition) is 2. The van der Waals surface area contributed by atoms with Gasteiger partial charge in [-0.25, -0.2) is 4.98 Å². The molecule has 1 aromatic heterocycles. The highest BCUT2D eigenvalue weighted by molar-refractivity contribution is 5.95. The summed E-state index contributed by atoms with van der Waals surface area (Å²) in [6.07, 6.45) is 7.26. The van der Waals surface area contributed by atoms with Crippen LogP contribution in [-0.4, -0.2) is 4.98 Å². The molecule has 3 N–H and O–H groups in total. The van der Waals surface area contributed by atoms with Crippen LogP contribution in [0.5, 0.6) is 0 Å². The molecule has 3 heteroatoms. The molecule has 0 unspecified atom stereocenters. The lowest BCUT2D eigenvalue weighted by atomic mass is 10.1. The standard InChI is InChI=1S/C18H15N3/c19-14-7-5-12-9-13-6-8-16(20-15-3-1-2-4-15)11-18(13)21-17(12)10-14/h1-3,5-11,20H,4,19H2. The Kier molecular flexibility index (Phi) is 2.64. The predicted molar refractivity (Wildman–Crippen MR) is 89.1 cm³/mol. The number of allylic oxidation sites excluding steroid dienone is 3. The van der Waals surface area contributed by atoms with Crippen LogP contribution in [0.25, 0.3) is 21.8 Å². The van der Waals surface area contributed by atoms with Crippen molar-refractivity contribution in [3.05, 3.63) is 66.4 Å². The summed E-state index contributed by atoms with van der Waals surface area (Å²) in [4.78, 5) is 4.72. The van der Waals surface area contributed by atoms with Gasteiger partial charge in [-0.15, -0.1) is 0 Å². The van der Waals surface area contributed by atoms with Crippen molar-refractivity contribution in [1.29, 1.82) is 0 Å². The molecule has 0 bridgehead atoms. The third-order valence-electron chi connectivity index (χ3n) is 3.71. The summed E-state index contributed by atoms with van der Waals surface area (Å²) in [7, 11) is 0. The molecule has 0 aliphatic heterocycles. The number of benzene rings is 2. The van der Waals surface area contributed by atoms with E-state index >= 15 is 0 Å². The monoisotopic (exact) mass is 273 g/mol. The van der Waals surface area contributed by atoms with E-state index < -0.39 is 0 Å². The van der Waals surface area contributed by atoms with Gasteiger partial charge >= 0.3 is 0 Å². The maximum absolute atomic E-state index is 5.84. The number of pyridine rings is 1. The van der Waals surface area contributed by atoms with E-state index in [4.69, 9.17) is 10.7 Å². The first-order valence-electron chi connectivity index (χ1n) is 7.01. The van der Waals surface area contributed by atoms with E-state index in [-0.39, 0.29) is 0 Å². The largest absolute Gasteiger partial charge is 0.399 e. The number of nitrogen functional groups attached to an aromatic ring is 1. The Morgan fingerprint density at radius 1 is 0.952 bits per heavy atom. The van der Waals surface area contributed by atoms with Gasteiger partial charge in [0.15, 0.2) is 0 Å². The summed E-state index contributed by atoms with van der Waals surface area (Å²) in [5.41, 5.74) is 10.8. The molecule has 0 saturated heterocycles. The summed E-state index contributed by atoms with van der Waals surface area (Å²) in [5.74, 6) is 0. The number of aromatic nitrogens is 1. The molecule has 3 aromatic rings. The quantitative estimate of drug-likeness (QED) is 0.543. The highest BCUT2D eigenvalue weighted by atomic mass is 14.9. The van der Waals surface area contributed by atoms with Crippen molar-refractivity contribution in [2.75, 3.05) is 11.1 Å². The van der Waals surface area contributed by atoms with E-state index in [0.29, 0.717) is 0 Å². The van der Waals surface area contributed by atoms with Gasteiger partial charge in [0.1, 0.15) is 0 Å². The SMILES string of the molecule is Nc1ccc2cc3ccc(NC4=CC=CC4)cc3nc2c1. The molecule has 0 saturated carbocycles. The van der Waals surface area contributed by atoms with E-state index in [1.54, 1.807) is 0 Å². The van der Waals surface area contributed by atoms with Crippen LogP contribution < -0.4 is 11.1 Å². The molecule has 0 fully saturated rings. The van der Waals surface area contributed by atoms with Crippen LogP contribution in [-0.2, 0) is 0 Å². The highest BCUT2D eigenvalue weighted by Gasteiger charge is 2.04. The van der Waals surface area contributed by atoms with Gasteiger partial charge in [0.2, 0.25) is 0 Å². The minimum atomic E-state index is 0.741. The average molecular weight is 273 g/mol. The number of nitrogens with two attached hydrogens (primary N) is 1.